The van der Waals surface area contributed by atoms with Gasteiger partial charge in [0.1, 0.15) is 16.5 Å². The molecule has 0 amide bonds. The molecular weight excluding hydrogens is 291 g/mol. The predicted molar refractivity (Wildman–Crippen MR) is 71.4 cm³/mol. The Hall–Kier alpha value is -1.59. The normalized spacial score (nSPS) is 11.3. The highest BCUT2D eigenvalue weighted by molar-refractivity contribution is 8.13. The van der Waals surface area contributed by atoms with Crippen molar-refractivity contribution in [1.29, 1.82) is 0 Å². The zero-order chi connectivity index (χ0) is 14.0. The second-order valence-corrected chi connectivity index (χ2v) is 6.34. The van der Waals surface area contributed by atoms with E-state index >= 15 is 0 Å². The lowest BCUT2D eigenvalue weighted by molar-refractivity contribution is 0.403. The number of hydrogen-bond donors (Lipinski definition) is 0. The Kier molecular flexibility index (Phi) is 3.78. The van der Waals surface area contributed by atoms with E-state index in [2.05, 4.69) is 0 Å². The highest BCUT2D eigenvalue weighted by Crippen LogP contribution is 2.31. The minimum Gasteiger partial charge on any atom is -0.495 e. The van der Waals surface area contributed by atoms with Crippen molar-refractivity contribution < 1.29 is 17.5 Å². The number of hydrogen-bond acceptors (Lipinski definition) is 3. The monoisotopic (exact) mass is 300 g/mol. The third-order valence-electron chi connectivity index (χ3n) is 2.60. The third-order valence-corrected chi connectivity index (χ3v) is 3.95. The SMILES string of the molecule is COc1ccc(-c2ccc(F)cc2)cc1S(=O)(=O)Cl. The fourth-order valence-electron chi connectivity index (χ4n) is 1.69. The van der Waals surface area contributed by atoms with E-state index in [1.165, 1.54) is 31.4 Å². The lowest BCUT2D eigenvalue weighted by Crippen LogP contribution is -1.96. The summed E-state index contributed by atoms with van der Waals surface area (Å²) in [5.41, 5.74) is 1.30. The van der Waals surface area contributed by atoms with E-state index in [4.69, 9.17) is 15.4 Å². The van der Waals surface area contributed by atoms with E-state index < -0.39 is 9.05 Å². The van der Waals surface area contributed by atoms with Gasteiger partial charge in [0.05, 0.1) is 7.11 Å². The van der Waals surface area contributed by atoms with Crippen LogP contribution in [0, 0.1) is 5.82 Å². The molecule has 0 saturated heterocycles. The van der Waals surface area contributed by atoms with Crippen molar-refractivity contribution in [3.8, 4) is 16.9 Å². The Labute approximate surface area is 115 Å². The van der Waals surface area contributed by atoms with Gasteiger partial charge in [-0.3, -0.25) is 0 Å². The van der Waals surface area contributed by atoms with Gasteiger partial charge in [-0.1, -0.05) is 18.2 Å². The maximum atomic E-state index is 12.9. The number of halogens is 2. The molecule has 2 aromatic carbocycles. The summed E-state index contributed by atoms with van der Waals surface area (Å²) in [5, 5.41) is 0. The van der Waals surface area contributed by atoms with Gasteiger partial charge in [-0.25, -0.2) is 12.8 Å². The van der Waals surface area contributed by atoms with Crippen LogP contribution in [0.2, 0.25) is 0 Å². The summed E-state index contributed by atoms with van der Waals surface area (Å²) in [6, 6.07) is 10.3. The Balaban J connectivity index is 2.58. The third kappa shape index (κ3) is 3.05. The molecule has 0 unspecified atom stereocenters. The summed E-state index contributed by atoms with van der Waals surface area (Å²) in [6.07, 6.45) is 0. The maximum Gasteiger partial charge on any atom is 0.265 e. The summed E-state index contributed by atoms with van der Waals surface area (Å²) in [7, 11) is 2.81. The van der Waals surface area contributed by atoms with Gasteiger partial charge in [0.2, 0.25) is 0 Å². The molecule has 0 aromatic heterocycles. The molecule has 0 N–H and O–H groups in total. The van der Waals surface area contributed by atoms with E-state index in [-0.39, 0.29) is 16.5 Å². The first-order chi connectivity index (χ1) is 8.91. The quantitative estimate of drug-likeness (QED) is 0.816. The van der Waals surface area contributed by atoms with Crippen LogP contribution >= 0.6 is 10.7 Å². The first-order valence-corrected chi connectivity index (χ1v) is 7.61. The number of ether oxygens (including phenoxy) is 1. The van der Waals surface area contributed by atoms with Gasteiger partial charge in [-0.05, 0) is 35.4 Å². The van der Waals surface area contributed by atoms with Gasteiger partial charge in [0, 0.05) is 10.7 Å². The van der Waals surface area contributed by atoms with Crippen molar-refractivity contribution >= 4 is 19.7 Å². The van der Waals surface area contributed by atoms with Crippen LogP contribution in [-0.4, -0.2) is 15.5 Å². The fourth-order valence-corrected chi connectivity index (χ4v) is 2.71. The van der Waals surface area contributed by atoms with Crippen molar-refractivity contribution in [2.24, 2.45) is 0 Å². The summed E-state index contributed by atoms with van der Waals surface area (Å²) in [4.78, 5) is -0.113. The van der Waals surface area contributed by atoms with E-state index in [1.807, 2.05) is 0 Å². The predicted octanol–water partition coefficient (Wildman–Crippen LogP) is 3.43. The molecule has 0 fully saturated rings. The molecular formula is C13H10ClFO3S. The molecule has 0 spiro atoms. The van der Waals surface area contributed by atoms with E-state index in [9.17, 15) is 12.8 Å². The average Bonchev–Trinajstić information content (AvgIpc) is 2.38. The van der Waals surface area contributed by atoms with E-state index in [0.29, 0.717) is 11.1 Å². The molecule has 0 bridgehead atoms. The summed E-state index contributed by atoms with van der Waals surface area (Å²) in [5.74, 6) is -0.191. The largest absolute Gasteiger partial charge is 0.495 e. The van der Waals surface area contributed by atoms with Gasteiger partial charge >= 0.3 is 0 Å². The van der Waals surface area contributed by atoms with Crippen molar-refractivity contribution in [3.63, 3.8) is 0 Å². The topological polar surface area (TPSA) is 43.4 Å². The Morgan fingerprint density at radius 2 is 1.63 bits per heavy atom. The number of benzene rings is 2. The molecule has 0 saturated carbocycles. The molecule has 0 aliphatic carbocycles. The summed E-state index contributed by atoms with van der Waals surface area (Å²) in [6.45, 7) is 0. The number of rotatable bonds is 3. The molecule has 0 aliphatic heterocycles. The molecule has 0 radical (unpaired) electrons. The lowest BCUT2D eigenvalue weighted by atomic mass is 10.1. The molecule has 6 heteroatoms. The van der Waals surface area contributed by atoms with Crippen LogP contribution in [0.25, 0.3) is 11.1 Å². The molecule has 3 nitrogen and oxygen atoms in total. The second kappa shape index (κ2) is 5.19. The molecule has 19 heavy (non-hydrogen) atoms. The van der Waals surface area contributed by atoms with Crippen molar-refractivity contribution in [3.05, 3.63) is 48.3 Å². The smallest absolute Gasteiger partial charge is 0.265 e. The van der Waals surface area contributed by atoms with Gasteiger partial charge in [-0.2, -0.15) is 0 Å². The Morgan fingerprint density at radius 1 is 1.05 bits per heavy atom. The van der Waals surface area contributed by atoms with E-state index in [0.717, 1.165) is 0 Å². The van der Waals surface area contributed by atoms with Crippen molar-refractivity contribution in [2.45, 2.75) is 4.90 Å². The fraction of sp³-hybridized carbons (Fsp3) is 0.0769. The Morgan fingerprint density at radius 3 is 2.16 bits per heavy atom. The van der Waals surface area contributed by atoms with Crippen LogP contribution in [0.5, 0.6) is 5.75 Å². The van der Waals surface area contributed by atoms with E-state index in [1.54, 1.807) is 18.2 Å². The van der Waals surface area contributed by atoms with Crippen molar-refractivity contribution in [2.75, 3.05) is 7.11 Å². The highest BCUT2D eigenvalue weighted by atomic mass is 35.7. The molecule has 2 aromatic rings. The molecule has 2 rings (SSSR count). The standard InChI is InChI=1S/C13H10ClFO3S/c1-18-12-7-4-10(8-13(12)19(14,16)17)9-2-5-11(15)6-3-9/h2-8H,1H3. The summed E-state index contributed by atoms with van der Waals surface area (Å²) >= 11 is 0. The van der Waals surface area contributed by atoms with Gasteiger partial charge in [0.15, 0.2) is 0 Å². The highest BCUT2D eigenvalue weighted by Gasteiger charge is 2.17. The summed E-state index contributed by atoms with van der Waals surface area (Å²) < 4.78 is 40.8. The van der Waals surface area contributed by atoms with Crippen molar-refractivity contribution in [1.82, 2.24) is 0 Å². The minimum atomic E-state index is -3.91. The van der Waals surface area contributed by atoms with Crippen LogP contribution in [0.15, 0.2) is 47.4 Å². The first kappa shape index (κ1) is 13.8. The zero-order valence-electron chi connectivity index (χ0n) is 9.93. The van der Waals surface area contributed by atoms with Crippen LogP contribution in [0.1, 0.15) is 0 Å². The average molecular weight is 301 g/mol. The molecule has 0 aliphatic rings. The van der Waals surface area contributed by atoms with Crippen LogP contribution in [-0.2, 0) is 9.05 Å². The van der Waals surface area contributed by atoms with Crippen LogP contribution in [0.3, 0.4) is 0 Å². The molecule has 0 atom stereocenters. The van der Waals surface area contributed by atoms with Crippen LogP contribution in [0.4, 0.5) is 4.39 Å². The Bertz CT molecular complexity index is 696. The molecule has 100 valence electrons. The zero-order valence-corrected chi connectivity index (χ0v) is 11.5. The van der Waals surface area contributed by atoms with Gasteiger partial charge in [0.25, 0.3) is 9.05 Å². The lowest BCUT2D eigenvalue weighted by Gasteiger charge is -2.08. The van der Waals surface area contributed by atoms with Gasteiger partial charge < -0.3 is 4.74 Å². The second-order valence-electron chi connectivity index (χ2n) is 3.81. The van der Waals surface area contributed by atoms with Gasteiger partial charge in [-0.15, -0.1) is 0 Å². The molecule has 0 heterocycles. The first-order valence-electron chi connectivity index (χ1n) is 5.30. The maximum absolute atomic E-state index is 12.9. The van der Waals surface area contributed by atoms with Crippen LogP contribution < -0.4 is 4.74 Å². The minimum absolute atomic E-state index is 0.113. The number of methoxy groups -OCH3 is 1.